The van der Waals surface area contributed by atoms with Gasteiger partial charge in [-0.3, -0.25) is 0 Å². The van der Waals surface area contributed by atoms with E-state index in [1.807, 2.05) is 24.3 Å². The lowest BCUT2D eigenvalue weighted by molar-refractivity contribution is -2.00. The molecule has 1 aromatic carbocycles. The number of nitrogens with zero attached hydrogens (tertiary/aromatic N) is 1. The Morgan fingerprint density at radius 2 is 1.42 bits per heavy atom. The lowest BCUT2D eigenvalue weighted by atomic mass is 10.3. The van der Waals surface area contributed by atoms with Gasteiger partial charge in [0.1, 0.15) is 7.05 Å². The molecule has 0 bridgehead atoms. The lowest BCUT2D eigenvalue weighted by Crippen LogP contribution is -2.68. The fourth-order valence-corrected chi connectivity index (χ4v) is 3.01. The Kier molecular flexibility index (Phi) is 6.37. The van der Waals surface area contributed by atoms with Crippen molar-refractivity contribution in [1.29, 1.82) is 0 Å². The molecule has 2 rings (SSSR count). The highest BCUT2D eigenvalue weighted by molar-refractivity contribution is 7.24. The van der Waals surface area contributed by atoms with E-state index in [-0.39, 0.29) is 0 Å². The zero-order valence-corrected chi connectivity index (χ0v) is 12.8. The van der Waals surface area contributed by atoms with Crippen molar-refractivity contribution in [3.63, 3.8) is 0 Å². The molecule has 0 unspecified atom stereocenters. The van der Waals surface area contributed by atoms with E-state index < -0.39 is 10.2 Å². The van der Waals surface area contributed by atoms with Crippen molar-refractivity contribution >= 4 is 40.0 Å². The van der Waals surface area contributed by atoms with Gasteiger partial charge in [0, 0.05) is 27.9 Å². The predicted octanol–water partition coefficient (Wildman–Crippen LogP) is -1.56. The maximum Gasteiger partial charge on any atom is 0.319 e. The first kappa shape index (κ1) is 16.5. The molecule has 104 valence electrons. The highest BCUT2D eigenvalue weighted by Crippen LogP contribution is 2.14. The standard InChI is InChI=1S/C10H9ClNS2.ClHO4/c1-12(10-13-6-7-14-10)9-4-2-8(11)3-5-9;2-1(3,4)5/h2-7H,1H3;(H,2,3,4,5)/q+1;/p-1. The predicted molar refractivity (Wildman–Crippen MR) is 64.5 cm³/mol. The fraction of sp³-hybridized carbons (Fsp3) is 0.100. The van der Waals surface area contributed by atoms with E-state index in [0.29, 0.717) is 0 Å². The second kappa shape index (κ2) is 7.32. The van der Waals surface area contributed by atoms with E-state index in [4.69, 9.17) is 30.2 Å². The number of hydrogen-bond acceptors (Lipinski definition) is 6. The minimum absolute atomic E-state index is 0.775. The monoisotopic (exact) mass is 341 g/mol. The van der Waals surface area contributed by atoms with E-state index in [9.17, 15) is 0 Å². The Morgan fingerprint density at radius 1 is 1.00 bits per heavy atom. The second-order valence-corrected chi connectivity index (χ2v) is 6.43. The van der Waals surface area contributed by atoms with Crippen molar-refractivity contribution in [2.24, 2.45) is 0 Å². The summed E-state index contributed by atoms with van der Waals surface area (Å²) in [5.74, 6) is 0. The van der Waals surface area contributed by atoms with Crippen LogP contribution >= 0.6 is 34.3 Å². The van der Waals surface area contributed by atoms with E-state index in [0.717, 1.165) is 10.7 Å². The Bertz CT molecular complexity index is 551. The molecule has 0 saturated heterocycles. The maximum atomic E-state index is 8.49. The Balaban J connectivity index is 0.000000312. The minimum atomic E-state index is -4.94. The van der Waals surface area contributed by atoms with Crippen molar-refractivity contribution in [2.75, 3.05) is 7.05 Å². The van der Waals surface area contributed by atoms with Gasteiger partial charge in [-0.25, -0.2) is 18.6 Å². The second-order valence-electron chi connectivity index (χ2n) is 3.19. The van der Waals surface area contributed by atoms with Crippen molar-refractivity contribution < 1.29 is 28.9 Å². The first-order valence-electron chi connectivity index (χ1n) is 4.73. The van der Waals surface area contributed by atoms with Crippen molar-refractivity contribution in [3.8, 4) is 0 Å². The van der Waals surface area contributed by atoms with Crippen LogP contribution in [0.2, 0.25) is 5.02 Å². The number of rotatable bonds is 1. The van der Waals surface area contributed by atoms with Gasteiger partial charge in [0.2, 0.25) is 5.69 Å². The molecule has 0 aliphatic rings. The summed E-state index contributed by atoms with van der Waals surface area (Å²) in [6.07, 6.45) is 0. The summed E-state index contributed by atoms with van der Waals surface area (Å²) >= 11 is 9.31. The van der Waals surface area contributed by atoms with Gasteiger partial charge >= 0.3 is 3.98 Å². The average molecular weight is 342 g/mol. The van der Waals surface area contributed by atoms with E-state index >= 15 is 0 Å². The quantitative estimate of drug-likeness (QED) is 0.586. The molecule has 0 aliphatic heterocycles. The summed E-state index contributed by atoms with van der Waals surface area (Å²) in [6.45, 7) is 0. The van der Waals surface area contributed by atoms with Crippen LogP contribution in [0, 0.1) is 10.2 Å². The van der Waals surface area contributed by atoms with Gasteiger partial charge < -0.3 is 0 Å². The molecule has 1 heterocycles. The maximum absolute atomic E-state index is 8.49. The molecule has 5 nitrogen and oxygen atoms in total. The number of halogens is 2. The molecule has 0 fully saturated rings. The van der Waals surface area contributed by atoms with Crippen molar-refractivity contribution in [1.82, 2.24) is 4.58 Å². The number of hydrogen-bond donors (Lipinski definition) is 0. The smallest absolute Gasteiger partial charge is 0.222 e. The number of benzene rings is 1. The summed E-state index contributed by atoms with van der Waals surface area (Å²) in [5, 5.41) is 4.95. The summed E-state index contributed by atoms with van der Waals surface area (Å²) in [5.41, 5.74) is 1.16. The summed E-state index contributed by atoms with van der Waals surface area (Å²) in [4.78, 5) is 0. The van der Waals surface area contributed by atoms with Crippen LogP contribution in [0.4, 0.5) is 5.69 Å². The van der Waals surface area contributed by atoms with E-state index in [2.05, 4.69) is 22.4 Å². The van der Waals surface area contributed by atoms with Crippen molar-refractivity contribution in [3.05, 3.63) is 44.0 Å². The lowest BCUT2D eigenvalue weighted by Gasteiger charge is -2.17. The van der Waals surface area contributed by atoms with Gasteiger partial charge in [0.25, 0.3) is 0 Å². The molecule has 1 aromatic heterocycles. The molecule has 0 aliphatic carbocycles. The molecule has 0 spiro atoms. The van der Waals surface area contributed by atoms with Gasteiger partial charge in [-0.15, -0.1) is 10.2 Å². The molecule has 2 aromatic rings. The summed E-state index contributed by atoms with van der Waals surface area (Å²) in [7, 11) is -2.88. The molecule has 0 atom stereocenters. The molecule has 9 heteroatoms. The van der Waals surface area contributed by atoms with E-state index in [1.165, 1.54) is 3.98 Å². The molecule has 0 amide bonds. The van der Waals surface area contributed by atoms with Crippen LogP contribution in [-0.4, -0.2) is 7.05 Å². The molecule has 0 N–H and O–H groups in total. The van der Waals surface area contributed by atoms with Gasteiger partial charge in [-0.1, -0.05) is 34.3 Å². The zero-order chi connectivity index (χ0) is 14.5. The average Bonchev–Trinajstić information content (AvgIpc) is 2.80. The largest absolute Gasteiger partial charge is 0.319 e. The summed E-state index contributed by atoms with van der Waals surface area (Å²) in [6, 6.07) is 7.86. The zero-order valence-electron chi connectivity index (χ0n) is 9.62. The molecule has 0 saturated carbocycles. The fourth-order valence-electron chi connectivity index (χ4n) is 1.13. The molecular formula is C10H9Cl2NO4S2. The van der Waals surface area contributed by atoms with Gasteiger partial charge in [-0.05, 0) is 12.1 Å². The third-order valence-electron chi connectivity index (χ3n) is 1.88. The van der Waals surface area contributed by atoms with E-state index in [1.54, 1.807) is 22.7 Å². The Hall–Kier alpha value is -0.510. The first-order valence-corrected chi connectivity index (χ1v) is 8.11. The molecular weight excluding hydrogens is 333 g/mol. The summed E-state index contributed by atoms with van der Waals surface area (Å²) < 4.78 is 37.4. The van der Waals surface area contributed by atoms with Gasteiger partial charge in [0.15, 0.2) is 0 Å². The highest BCUT2D eigenvalue weighted by Gasteiger charge is 2.04. The Morgan fingerprint density at radius 3 is 1.84 bits per heavy atom. The Labute approximate surface area is 124 Å². The first-order chi connectivity index (χ1) is 8.77. The van der Waals surface area contributed by atoms with Crippen molar-refractivity contribution in [2.45, 2.75) is 0 Å². The molecule has 19 heavy (non-hydrogen) atoms. The van der Waals surface area contributed by atoms with Crippen LogP contribution in [0.5, 0.6) is 0 Å². The van der Waals surface area contributed by atoms with Gasteiger partial charge in [-0.2, -0.15) is 4.58 Å². The van der Waals surface area contributed by atoms with Crippen LogP contribution in [0.3, 0.4) is 0 Å². The van der Waals surface area contributed by atoms with Crippen LogP contribution < -0.4 is 27.2 Å². The topological polar surface area (TPSA) is 95.2 Å². The highest BCUT2D eigenvalue weighted by atomic mass is 35.7. The third-order valence-corrected chi connectivity index (χ3v) is 4.38. The SMILES string of the molecule is C[N+](c1ccc(Cl)cc1)=c1sccs1.[O-][Cl+3]([O-])([O-])[O-]. The van der Waals surface area contributed by atoms with Crippen LogP contribution in [0.1, 0.15) is 0 Å². The van der Waals surface area contributed by atoms with Gasteiger partial charge in [0.05, 0.1) is 0 Å². The normalized spacial score (nSPS) is 10.6. The van der Waals surface area contributed by atoms with Crippen LogP contribution in [-0.2, 0) is 0 Å². The molecule has 0 radical (unpaired) electrons. The van der Waals surface area contributed by atoms with Crippen LogP contribution in [0.25, 0.3) is 0 Å². The van der Waals surface area contributed by atoms with Crippen LogP contribution in [0.15, 0.2) is 35.0 Å². The minimum Gasteiger partial charge on any atom is -0.222 e. The third kappa shape index (κ3) is 7.00.